The van der Waals surface area contributed by atoms with Gasteiger partial charge in [0, 0.05) is 30.0 Å². The molecule has 5 heteroatoms. The van der Waals surface area contributed by atoms with Crippen molar-refractivity contribution in [2.45, 2.75) is 39.0 Å². The maximum Gasteiger partial charge on any atom is 0.232 e. The number of amides is 1. The van der Waals surface area contributed by atoms with E-state index < -0.39 is 11.7 Å². The van der Waals surface area contributed by atoms with Gasteiger partial charge in [-0.2, -0.15) is 5.26 Å². The Labute approximate surface area is 169 Å². The number of ketones is 1. The van der Waals surface area contributed by atoms with E-state index in [4.69, 9.17) is 0 Å². The Balaban J connectivity index is 1.94. The molecule has 2 aromatic rings. The summed E-state index contributed by atoms with van der Waals surface area (Å²) in [4.78, 5) is 28.0. The van der Waals surface area contributed by atoms with Crippen LogP contribution in [0.3, 0.4) is 0 Å². The summed E-state index contributed by atoms with van der Waals surface area (Å²) in [5.41, 5.74) is 2.41. The fraction of sp³-hybridized carbons (Fsp3) is 0.292. The largest absolute Gasteiger partial charge is 0.294 e. The first kappa shape index (κ1) is 19.1. The lowest BCUT2D eigenvalue weighted by molar-refractivity contribution is -0.121. The monoisotopic (exact) mass is 388 g/mol. The third kappa shape index (κ3) is 3.36. The SMILES string of the molecule is CC1(C)CC(=O)C2=C(C1)N(c1ccccc1C#N)C(=O)CC2c1cccc(F)c1. The van der Waals surface area contributed by atoms with Gasteiger partial charge in [0.25, 0.3) is 0 Å². The molecule has 0 saturated carbocycles. The molecule has 2 aliphatic rings. The number of allylic oxidation sites excluding steroid dienone is 2. The van der Waals surface area contributed by atoms with Gasteiger partial charge in [0.2, 0.25) is 5.91 Å². The molecule has 1 unspecified atom stereocenters. The third-order valence-corrected chi connectivity index (χ3v) is 5.66. The minimum Gasteiger partial charge on any atom is -0.294 e. The Morgan fingerprint density at radius 3 is 2.59 bits per heavy atom. The molecule has 0 spiro atoms. The van der Waals surface area contributed by atoms with Crippen molar-refractivity contribution in [2.75, 3.05) is 4.90 Å². The Bertz CT molecular complexity index is 1090. The van der Waals surface area contributed by atoms with Crippen molar-refractivity contribution in [1.82, 2.24) is 0 Å². The summed E-state index contributed by atoms with van der Waals surface area (Å²) in [5, 5.41) is 9.53. The van der Waals surface area contributed by atoms with Gasteiger partial charge in [-0.15, -0.1) is 0 Å². The zero-order valence-corrected chi connectivity index (χ0v) is 16.4. The number of Topliss-reactive ketones (excluding diaryl/α,β-unsaturated/α-hetero) is 1. The maximum atomic E-state index is 13.9. The molecule has 146 valence electrons. The lowest BCUT2D eigenvalue weighted by Crippen LogP contribution is -2.44. The zero-order chi connectivity index (χ0) is 20.8. The Kier molecular flexibility index (Phi) is 4.58. The van der Waals surface area contributed by atoms with Crippen LogP contribution in [0.2, 0.25) is 0 Å². The molecule has 0 radical (unpaired) electrons. The van der Waals surface area contributed by atoms with Gasteiger partial charge in [0.15, 0.2) is 5.78 Å². The number of hydrogen-bond acceptors (Lipinski definition) is 3. The molecule has 0 fully saturated rings. The lowest BCUT2D eigenvalue weighted by atomic mass is 9.69. The number of halogens is 1. The molecule has 1 aliphatic heterocycles. The standard InChI is InChI=1S/C24H21FN2O2/c1-24(2)12-20-23(21(28)13-24)18(15-7-5-8-17(25)10-15)11-22(29)27(20)19-9-4-3-6-16(19)14-26/h3-10,18H,11-13H2,1-2H3. The van der Waals surface area contributed by atoms with Crippen LogP contribution in [0.1, 0.15) is 50.2 Å². The molecular weight excluding hydrogens is 367 g/mol. The van der Waals surface area contributed by atoms with Gasteiger partial charge in [-0.3, -0.25) is 14.5 Å². The number of carbonyl (C=O) groups excluding carboxylic acids is 2. The maximum absolute atomic E-state index is 13.9. The number of rotatable bonds is 2. The van der Waals surface area contributed by atoms with Crippen LogP contribution in [0.15, 0.2) is 59.8 Å². The summed E-state index contributed by atoms with van der Waals surface area (Å²) in [5.74, 6) is -1.07. The number of benzene rings is 2. The molecule has 1 atom stereocenters. The Morgan fingerprint density at radius 2 is 1.86 bits per heavy atom. The van der Waals surface area contributed by atoms with Crippen LogP contribution in [0, 0.1) is 22.6 Å². The minimum atomic E-state index is -0.470. The molecule has 0 N–H and O–H groups in total. The van der Waals surface area contributed by atoms with E-state index in [1.54, 1.807) is 41.3 Å². The smallest absolute Gasteiger partial charge is 0.232 e. The van der Waals surface area contributed by atoms with E-state index in [-0.39, 0.29) is 23.5 Å². The van der Waals surface area contributed by atoms with Crippen LogP contribution in [-0.4, -0.2) is 11.7 Å². The van der Waals surface area contributed by atoms with Crippen molar-refractivity contribution in [3.05, 3.63) is 76.7 Å². The summed E-state index contributed by atoms with van der Waals surface area (Å²) in [6.45, 7) is 4.00. The van der Waals surface area contributed by atoms with Crippen molar-refractivity contribution < 1.29 is 14.0 Å². The topological polar surface area (TPSA) is 61.2 Å². The third-order valence-electron chi connectivity index (χ3n) is 5.66. The normalized spacial score (nSPS) is 21.0. The van der Waals surface area contributed by atoms with E-state index in [1.807, 2.05) is 13.8 Å². The minimum absolute atomic E-state index is 0.0162. The molecule has 4 rings (SSSR count). The first-order chi connectivity index (χ1) is 13.8. The van der Waals surface area contributed by atoms with Crippen molar-refractivity contribution in [2.24, 2.45) is 5.41 Å². The summed E-state index contributed by atoms with van der Waals surface area (Å²) >= 11 is 0. The molecule has 4 nitrogen and oxygen atoms in total. The highest BCUT2D eigenvalue weighted by Gasteiger charge is 2.44. The van der Waals surface area contributed by atoms with E-state index >= 15 is 0 Å². The van der Waals surface area contributed by atoms with Gasteiger partial charge >= 0.3 is 0 Å². The molecule has 2 aromatic carbocycles. The molecule has 1 amide bonds. The van der Waals surface area contributed by atoms with Gasteiger partial charge in [0.05, 0.1) is 11.3 Å². The average Bonchev–Trinajstić information content (AvgIpc) is 2.66. The number of anilines is 1. The number of hydrogen-bond donors (Lipinski definition) is 0. The summed E-state index contributed by atoms with van der Waals surface area (Å²) in [7, 11) is 0. The Hall–Kier alpha value is -3.26. The summed E-state index contributed by atoms with van der Waals surface area (Å²) in [6.07, 6.45) is 0.971. The zero-order valence-electron chi connectivity index (χ0n) is 16.4. The van der Waals surface area contributed by atoms with Crippen molar-refractivity contribution in [1.29, 1.82) is 5.26 Å². The highest BCUT2D eigenvalue weighted by molar-refractivity contribution is 6.08. The van der Waals surface area contributed by atoms with Crippen molar-refractivity contribution in [3.8, 4) is 6.07 Å². The predicted octanol–water partition coefficient (Wildman–Crippen LogP) is 4.86. The molecular formula is C24H21FN2O2. The average molecular weight is 388 g/mol. The van der Waals surface area contributed by atoms with Gasteiger partial charge < -0.3 is 0 Å². The second kappa shape index (κ2) is 6.97. The van der Waals surface area contributed by atoms with E-state index in [1.165, 1.54) is 12.1 Å². The quantitative estimate of drug-likeness (QED) is 0.738. The second-order valence-corrected chi connectivity index (χ2v) is 8.47. The van der Waals surface area contributed by atoms with E-state index in [2.05, 4.69) is 6.07 Å². The predicted molar refractivity (Wildman–Crippen MR) is 107 cm³/mol. The number of nitriles is 1. The van der Waals surface area contributed by atoms with Crippen LogP contribution in [0.4, 0.5) is 10.1 Å². The van der Waals surface area contributed by atoms with Gasteiger partial charge in [0.1, 0.15) is 11.9 Å². The van der Waals surface area contributed by atoms with Crippen LogP contribution in [-0.2, 0) is 9.59 Å². The van der Waals surface area contributed by atoms with Gasteiger partial charge in [-0.25, -0.2) is 4.39 Å². The second-order valence-electron chi connectivity index (χ2n) is 8.47. The fourth-order valence-electron chi connectivity index (χ4n) is 4.47. The summed E-state index contributed by atoms with van der Waals surface area (Å²) < 4.78 is 13.9. The van der Waals surface area contributed by atoms with E-state index in [0.717, 1.165) is 0 Å². The van der Waals surface area contributed by atoms with E-state index in [9.17, 15) is 19.2 Å². The molecule has 1 aliphatic carbocycles. The first-order valence-electron chi connectivity index (χ1n) is 9.64. The highest BCUT2D eigenvalue weighted by Crippen LogP contribution is 2.48. The molecule has 0 bridgehead atoms. The van der Waals surface area contributed by atoms with Crippen LogP contribution in [0.25, 0.3) is 0 Å². The first-order valence-corrected chi connectivity index (χ1v) is 9.64. The number of carbonyl (C=O) groups is 2. The highest BCUT2D eigenvalue weighted by atomic mass is 19.1. The lowest BCUT2D eigenvalue weighted by Gasteiger charge is -2.43. The Morgan fingerprint density at radius 1 is 1.10 bits per heavy atom. The fourth-order valence-corrected chi connectivity index (χ4v) is 4.47. The van der Waals surface area contributed by atoms with Crippen molar-refractivity contribution in [3.63, 3.8) is 0 Å². The van der Waals surface area contributed by atoms with Crippen molar-refractivity contribution >= 4 is 17.4 Å². The van der Waals surface area contributed by atoms with Crippen LogP contribution in [0.5, 0.6) is 0 Å². The van der Waals surface area contributed by atoms with Crippen LogP contribution >= 0.6 is 0 Å². The number of nitrogens with zero attached hydrogens (tertiary/aromatic N) is 2. The van der Waals surface area contributed by atoms with Gasteiger partial charge in [-0.1, -0.05) is 38.1 Å². The molecule has 29 heavy (non-hydrogen) atoms. The van der Waals surface area contributed by atoms with Gasteiger partial charge in [-0.05, 0) is 41.7 Å². The molecule has 0 aromatic heterocycles. The summed E-state index contributed by atoms with van der Waals surface area (Å²) in [6, 6.07) is 15.2. The van der Waals surface area contributed by atoms with E-state index in [0.29, 0.717) is 40.9 Å². The molecule has 1 heterocycles. The number of para-hydroxylation sites is 1. The molecule has 0 saturated heterocycles. The van der Waals surface area contributed by atoms with Crippen LogP contribution < -0.4 is 4.90 Å².